The van der Waals surface area contributed by atoms with E-state index >= 15 is 0 Å². The van der Waals surface area contributed by atoms with Crippen LogP contribution in [0, 0.1) is 0 Å². The molecule has 1 unspecified atom stereocenters. The van der Waals surface area contributed by atoms with Crippen molar-refractivity contribution < 1.29 is 13.8 Å². The van der Waals surface area contributed by atoms with E-state index in [-0.39, 0.29) is 17.8 Å². The van der Waals surface area contributed by atoms with Crippen LogP contribution in [0.25, 0.3) is 11.5 Å². The van der Waals surface area contributed by atoms with Gasteiger partial charge < -0.3 is 20.7 Å². The van der Waals surface area contributed by atoms with Gasteiger partial charge in [-0.15, -0.1) is 0 Å². The van der Waals surface area contributed by atoms with Crippen LogP contribution in [0.2, 0.25) is 0 Å². The molecule has 0 bridgehead atoms. The number of nitrogens with one attached hydrogen (secondary N) is 1. The van der Waals surface area contributed by atoms with Gasteiger partial charge in [0.15, 0.2) is 5.82 Å². The van der Waals surface area contributed by atoms with Crippen molar-refractivity contribution in [3.8, 4) is 11.5 Å². The quantitative estimate of drug-likeness (QED) is 0.349. The number of nitrogen functional groups attached to an aromatic ring is 1. The van der Waals surface area contributed by atoms with E-state index in [0.717, 1.165) is 41.2 Å². The molecule has 1 aliphatic rings. The average Bonchev–Trinajstić information content (AvgIpc) is 3.36. The molecule has 10 heteroatoms. The number of nitrogens with zero attached hydrogens (tertiary/aromatic N) is 4. The Balaban J connectivity index is 0.000000301. The zero-order valence-electron chi connectivity index (χ0n) is 21.3. The lowest BCUT2D eigenvalue weighted by atomic mass is 9.96. The van der Waals surface area contributed by atoms with E-state index in [4.69, 9.17) is 15.4 Å². The third-order valence-corrected chi connectivity index (χ3v) is 7.27. The fraction of sp³-hybridized carbons (Fsp3) is 0.333. The van der Waals surface area contributed by atoms with Gasteiger partial charge in [0.05, 0.1) is 10.8 Å². The molecule has 0 saturated carbocycles. The molecule has 1 aliphatic heterocycles. The van der Waals surface area contributed by atoms with Crippen LogP contribution in [-0.4, -0.2) is 41.8 Å². The molecule has 0 fully saturated rings. The molecular weight excluding hydrogens is 488 g/mol. The van der Waals surface area contributed by atoms with Gasteiger partial charge in [-0.25, -0.2) is 4.98 Å². The molecule has 0 spiro atoms. The van der Waals surface area contributed by atoms with E-state index in [9.17, 15) is 4.21 Å². The summed E-state index contributed by atoms with van der Waals surface area (Å²) in [5, 5.41) is 15.7. The van der Waals surface area contributed by atoms with Gasteiger partial charge in [0.2, 0.25) is 5.95 Å². The lowest BCUT2D eigenvalue weighted by Gasteiger charge is -2.16. The first kappa shape index (κ1) is 26.4. The van der Waals surface area contributed by atoms with E-state index in [1.165, 1.54) is 5.56 Å². The minimum absolute atomic E-state index is 0.227. The van der Waals surface area contributed by atoms with Crippen molar-refractivity contribution in [2.24, 2.45) is 0 Å². The van der Waals surface area contributed by atoms with Crippen molar-refractivity contribution in [1.82, 2.24) is 20.1 Å². The number of aromatic nitrogens is 4. The molecule has 9 nitrogen and oxygen atoms in total. The summed E-state index contributed by atoms with van der Waals surface area (Å²) in [6.45, 7) is 6.25. The standard InChI is InChI=1S/C19H22N6O2S.C8H10O/c1-19(2,3)17-24-16(27-25-17)13-10-21-18(23-15(13)20)22-12-6-7-14-11(9-12)5-4-8-28(14)26;9-7-6-8-4-2-1-3-5-8/h6-7,9-10H,4-5,8H2,1-3H3,(H3,20,21,22,23);1-5,9H,6-7H2. The lowest BCUT2D eigenvalue weighted by Crippen LogP contribution is -2.13. The van der Waals surface area contributed by atoms with Crippen LogP contribution in [-0.2, 0) is 29.1 Å². The number of nitrogens with two attached hydrogens (primary N) is 1. The number of anilines is 3. The summed E-state index contributed by atoms with van der Waals surface area (Å²) < 4.78 is 17.4. The van der Waals surface area contributed by atoms with Gasteiger partial charge in [0.1, 0.15) is 11.4 Å². The Bertz CT molecular complexity index is 1370. The van der Waals surface area contributed by atoms with Gasteiger partial charge in [-0.2, -0.15) is 9.97 Å². The van der Waals surface area contributed by atoms with Crippen molar-refractivity contribution in [3.63, 3.8) is 0 Å². The van der Waals surface area contributed by atoms with Crippen molar-refractivity contribution in [1.29, 1.82) is 0 Å². The summed E-state index contributed by atoms with van der Waals surface area (Å²) in [6.07, 6.45) is 4.19. The molecule has 194 valence electrons. The number of aliphatic hydroxyl groups excluding tert-OH is 1. The number of hydrogen-bond acceptors (Lipinski definition) is 9. The minimum Gasteiger partial charge on any atom is -0.396 e. The molecule has 0 radical (unpaired) electrons. The van der Waals surface area contributed by atoms with Crippen LogP contribution < -0.4 is 11.1 Å². The SMILES string of the molecule is CC(C)(C)c1noc(-c2cnc(Nc3ccc4c(c3)CCCS4=O)nc2N)n1.OCCc1ccccc1. The maximum absolute atomic E-state index is 12.1. The van der Waals surface area contributed by atoms with Gasteiger partial charge in [0.25, 0.3) is 5.89 Å². The fourth-order valence-electron chi connectivity index (χ4n) is 3.74. The normalized spacial score (nSPS) is 14.9. The highest BCUT2D eigenvalue weighted by Crippen LogP contribution is 2.29. The lowest BCUT2D eigenvalue weighted by molar-refractivity contribution is 0.299. The Labute approximate surface area is 219 Å². The monoisotopic (exact) mass is 520 g/mol. The Kier molecular flexibility index (Phi) is 8.30. The molecule has 2 aromatic heterocycles. The van der Waals surface area contributed by atoms with E-state index < -0.39 is 10.8 Å². The van der Waals surface area contributed by atoms with Gasteiger partial charge in [-0.3, -0.25) is 4.21 Å². The molecule has 1 atom stereocenters. The molecule has 3 heterocycles. The second kappa shape index (κ2) is 11.6. The second-order valence-electron chi connectivity index (χ2n) is 9.73. The van der Waals surface area contributed by atoms with Crippen molar-refractivity contribution in [3.05, 3.63) is 71.7 Å². The first-order valence-corrected chi connectivity index (χ1v) is 13.5. The van der Waals surface area contributed by atoms with Crippen LogP contribution in [0.1, 0.15) is 44.1 Å². The van der Waals surface area contributed by atoms with Crippen molar-refractivity contribution in [2.75, 3.05) is 23.4 Å². The Morgan fingerprint density at radius 1 is 1.14 bits per heavy atom. The molecule has 4 N–H and O–H groups in total. The highest BCUT2D eigenvalue weighted by atomic mass is 32.2. The first-order valence-electron chi connectivity index (χ1n) is 12.1. The summed E-state index contributed by atoms with van der Waals surface area (Å²) in [7, 11) is -0.905. The molecule has 5 rings (SSSR count). The molecular formula is C27H32N6O3S. The van der Waals surface area contributed by atoms with Crippen molar-refractivity contribution >= 4 is 28.3 Å². The number of rotatable bonds is 5. The highest BCUT2D eigenvalue weighted by Gasteiger charge is 2.23. The number of fused-ring (bicyclic) bond motifs is 1. The van der Waals surface area contributed by atoms with Gasteiger partial charge in [-0.1, -0.05) is 56.3 Å². The van der Waals surface area contributed by atoms with Gasteiger partial charge in [-0.05, 0) is 48.6 Å². The number of hydrogen-bond donors (Lipinski definition) is 3. The third-order valence-electron chi connectivity index (χ3n) is 5.73. The minimum atomic E-state index is -0.905. The summed E-state index contributed by atoms with van der Waals surface area (Å²) in [5.41, 5.74) is 9.49. The molecule has 0 saturated heterocycles. The maximum Gasteiger partial charge on any atom is 0.263 e. The largest absolute Gasteiger partial charge is 0.396 e. The summed E-state index contributed by atoms with van der Waals surface area (Å²) in [6, 6.07) is 15.7. The smallest absolute Gasteiger partial charge is 0.263 e. The Morgan fingerprint density at radius 2 is 1.92 bits per heavy atom. The van der Waals surface area contributed by atoms with Crippen LogP contribution in [0.5, 0.6) is 0 Å². The molecule has 37 heavy (non-hydrogen) atoms. The second-order valence-corrected chi connectivity index (χ2v) is 11.3. The summed E-state index contributed by atoms with van der Waals surface area (Å²) in [4.78, 5) is 13.9. The highest BCUT2D eigenvalue weighted by molar-refractivity contribution is 7.85. The predicted octanol–water partition coefficient (Wildman–Crippen LogP) is 4.43. The Morgan fingerprint density at radius 3 is 2.59 bits per heavy atom. The number of benzene rings is 2. The summed E-state index contributed by atoms with van der Waals surface area (Å²) >= 11 is 0. The molecule has 0 aliphatic carbocycles. The van der Waals surface area contributed by atoms with Crippen LogP contribution >= 0.6 is 0 Å². The predicted molar refractivity (Wildman–Crippen MR) is 145 cm³/mol. The van der Waals surface area contributed by atoms with E-state index in [0.29, 0.717) is 23.2 Å². The zero-order chi connectivity index (χ0) is 26.4. The van der Waals surface area contributed by atoms with Crippen LogP contribution in [0.4, 0.5) is 17.5 Å². The van der Waals surface area contributed by atoms with Crippen molar-refractivity contribution in [2.45, 2.75) is 50.3 Å². The zero-order valence-corrected chi connectivity index (χ0v) is 22.1. The number of aryl methyl sites for hydroxylation is 1. The van der Waals surface area contributed by atoms with Gasteiger partial charge >= 0.3 is 0 Å². The topological polar surface area (TPSA) is 140 Å². The maximum atomic E-state index is 12.1. The first-order chi connectivity index (χ1) is 17.7. The average molecular weight is 521 g/mol. The van der Waals surface area contributed by atoms with Crippen LogP contribution in [0.15, 0.2) is 64.1 Å². The van der Waals surface area contributed by atoms with Crippen LogP contribution in [0.3, 0.4) is 0 Å². The van der Waals surface area contributed by atoms with E-state index in [1.807, 2.05) is 69.3 Å². The van der Waals surface area contributed by atoms with Gasteiger partial charge in [0, 0.05) is 34.6 Å². The van der Waals surface area contributed by atoms with E-state index in [1.54, 1.807) is 6.20 Å². The molecule has 4 aromatic rings. The molecule has 2 aromatic carbocycles. The molecule has 0 amide bonds. The fourth-order valence-corrected chi connectivity index (χ4v) is 5.04. The third kappa shape index (κ3) is 6.78. The number of aliphatic hydroxyl groups is 1. The van der Waals surface area contributed by atoms with E-state index in [2.05, 4.69) is 25.4 Å². The summed E-state index contributed by atoms with van der Waals surface area (Å²) in [5.74, 6) is 2.24. The Hall–Kier alpha value is -3.63.